The summed E-state index contributed by atoms with van der Waals surface area (Å²) in [6.07, 6.45) is 0.889. The van der Waals surface area contributed by atoms with Gasteiger partial charge in [0.1, 0.15) is 5.75 Å². The lowest BCUT2D eigenvalue weighted by Crippen LogP contribution is -2.32. The molecule has 11 heteroatoms. The zero-order valence-corrected chi connectivity index (χ0v) is 18.8. The maximum atomic E-state index is 12.5. The van der Waals surface area contributed by atoms with Gasteiger partial charge < -0.3 is 4.74 Å². The van der Waals surface area contributed by atoms with Crippen LogP contribution in [0.25, 0.3) is 0 Å². The van der Waals surface area contributed by atoms with E-state index in [0.29, 0.717) is 28.2 Å². The fourth-order valence-corrected chi connectivity index (χ4v) is 4.59. The van der Waals surface area contributed by atoms with Crippen molar-refractivity contribution < 1.29 is 17.9 Å². The van der Waals surface area contributed by atoms with Gasteiger partial charge in [0.2, 0.25) is 15.2 Å². The largest absolute Gasteiger partial charge is 0.481 e. The molecule has 0 unspecified atom stereocenters. The van der Waals surface area contributed by atoms with E-state index in [9.17, 15) is 13.2 Å². The normalized spacial score (nSPS) is 12.6. The van der Waals surface area contributed by atoms with Gasteiger partial charge in [-0.1, -0.05) is 43.9 Å². The highest BCUT2D eigenvalue weighted by molar-refractivity contribution is 8.01. The van der Waals surface area contributed by atoms with Crippen LogP contribution in [0, 0.1) is 0 Å². The molecular weight excluding hydrogens is 420 g/mol. The maximum absolute atomic E-state index is 12.5. The van der Waals surface area contributed by atoms with Crippen molar-refractivity contribution in [3.8, 4) is 5.75 Å². The Bertz CT molecular complexity index is 897. The first kappa shape index (κ1) is 22.4. The molecule has 1 N–H and O–H groups in total. The van der Waals surface area contributed by atoms with Gasteiger partial charge in [0.05, 0.1) is 11.9 Å². The van der Waals surface area contributed by atoms with Crippen LogP contribution in [0.2, 0.25) is 0 Å². The van der Waals surface area contributed by atoms with Gasteiger partial charge in [0.25, 0.3) is 5.91 Å². The predicted octanol–water partition coefficient (Wildman–Crippen LogP) is 3.23. The summed E-state index contributed by atoms with van der Waals surface area (Å²) in [7, 11) is -1.86. The number of benzene rings is 1. The first-order valence-corrected chi connectivity index (χ1v) is 12.2. The molecule has 0 aliphatic carbocycles. The van der Waals surface area contributed by atoms with Crippen LogP contribution in [0.15, 0.2) is 28.6 Å². The molecule has 0 aliphatic heterocycles. The third kappa shape index (κ3) is 6.35. The lowest BCUT2D eigenvalue weighted by molar-refractivity contribution is -0.122. The van der Waals surface area contributed by atoms with Gasteiger partial charge in [-0.05, 0) is 30.7 Å². The highest BCUT2D eigenvalue weighted by atomic mass is 32.2. The monoisotopic (exact) mass is 444 g/mol. The fourth-order valence-electron chi connectivity index (χ4n) is 2.11. The molecule has 0 fully saturated rings. The molecule has 2 rings (SSSR count). The van der Waals surface area contributed by atoms with Gasteiger partial charge in [-0.2, -0.15) is 0 Å². The molecule has 0 bridgehead atoms. The second-order valence-electron chi connectivity index (χ2n) is 6.27. The van der Waals surface area contributed by atoms with Gasteiger partial charge in [-0.3, -0.25) is 14.4 Å². The molecule has 0 aliphatic rings. The molecule has 1 heterocycles. The number of anilines is 2. The Morgan fingerprint density at radius 3 is 2.46 bits per heavy atom. The molecule has 1 amide bonds. The Morgan fingerprint density at radius 1 is 1.29 bits per heavy atom. The van der Waals surface area contributed by atoms with Crippen LogP contribution in [-0.4, -0.2) is 49.2 Å². The SMILES string of the molecule is CC[C@@H](Oc1ccc(N(C)S(C)(=O)=O)cc1)C(=O)Nc1nnc(SC(C)C)s1. The Labute approximate surface area is 173 Å². The number of carbonyl (C=O) groups is 1. The zero-order valence-electron chi connectivity index (χ0n) is 16.4. The minimum Gasteiger partial charge on any atom is -0.481 e. The van der Waals surface area contributed by atoms with Gasteiger partial charge in [0.15, 0.2) is 10.4 Å². The van der Waals surface area contributed by atoms with Gasteiger partial charge in [0, 0.05) is 12.3 Å². The van der Waals surface area contributed by atoms with Crippen LogP contribution in [0.4, 0.5) is 10.8 Å². The number of nitrogens with one attached hydrogen (secondary N) is 1. The summed E-state index contributed by atoms with van der Waals surface area (Å²) >= 11 is 2.91. The third-order valence-corrected chi connectivity index (χ3v) is 6.74. The predicted molar refractivity (Wildman–Crippen MR) is 114 cm³/mol. The topological polar surface area (TPSA) is 101 Å². The van der Waals surface area contributed by atoms with E-state index in [1.54, 1.807) is 36.0 Å². The summed E-state index contributed by atoms with van der Waals surface area (Å²) in [6, 6.07) is 6.52. The number of hydrogen-bond donors (Lipinski definition) is 1. The standard InChI is InChI=1S/C17H24N4O4S3/c1-6-14(15(22)18-16-19-20-17(27-16)26-11(2)3)25-13-9-7-12(8-10-13)21(4)28(5,23)24/h7-11,14H,6H2,1-5H3,(H,18,19,22)/t14-/m1/s1. The van der Waals surface area contributed by atoms with E-state index in [4.69, 9.17) is 4.74 Å². The summed E-state index contributed by atoms with van der Waals surface area (Å²) in [6.45, 7) is 5.96. The number of amides is 1. The van der Waals surface area contributed by atoms with Crippen molar-refractivity contribution in [2.75, 3.05) is 22.9 Å². The van der Waals surface area contributed by atoms with E-state index in [2.05, 4.69) is 29.4 Å². The van der Waals surface area contributed by atoms with E-state index < -0.39 is 16.1 Å². The molecule has 1 aromatic heterocycles. The van der Waals surface area contributed by atoms with E-state index in [-0.39, 0.29) is 5.91 Å². The lowest BCUT2D eigenvalue weighted by atomic mass is 10.2. The van der Waals surface area contributed by atoms with Crippen LogP contribution in [0.1, 0.15) is 27.2 Å². The maximum Gasteiger partial charge on any atom is 0.267 e. The van der Waals surface area contributed by atoms with Crippen LogP contribution in [-0.2, 0) is 14.8 Å². The number of rotatable bonds is 9. The molecule has 8 nitrogen and oxygen atoms in total. The van der Waals surface area contributed by atoms with E-state index in [1.807, 2.05) is 6.92 Å². The van der Waals surface area contributed by atoms with Crippen LogP contribution in [0.3, 0.4) is 0 Å². The van der Waals surface area contributed by atoms with E-state index in [1.165, 1.54) is 22.7 Å². The number of aromatic nitrogens is 2. The van der Waals surface area contributed by atoms with Gasteiger partial charge in [-0.15, -0.1) is 10.2 Å². The fraction of sp³-hybridized carbons (Fsp3) is 0.471. The molecule has 0 radical (unpaired) electrons. The average molecular weight is 445 g/mol. The van der Waals surface area contributed by atoms with Gasteiger partial charge >= 0.3 is 0 Å². The minimum absolute atomic E-state index is 0.308. The van der Waals surface area contributed by atoms with Crippen LogP contribution >= 0.6 is 23.1 Å². The molecule has 1 aromatic carbocycles. The second-order valence-corrected chi connectivity index (χ2v) is 11.1. The molecule has 154 valence electrons. The number of carbonyl (C=O) groups excluding carboxylic acids is 1. The average Bonchev–Trinajstić information content (AvgIpc) is 3.04. The summed E-state index contributed by atoms with van der Waals surface area (Å²) in [5.41, 5.74) is 0.511. The smallest absolute Gasteiger partial charge is 0.267 e. The molecule has 0 saturated heterocycles. The van der Waals surface area contributed by atoms with Crippen molar-refractivity contribution in [2.24, 2.45) is 0 Å². The number of thioether (sulfide) groups is 1. The molecule has 1 atom stereocenters. The second kappa shape index (κ2) is 9.57. The van der Waals surface area contributed by atoms with Crippen molar-refractivity contribution >= 4 is 49.8 Å². The van der Waals surface area contributed by atoms with Gasteiger partial charge in [-0.25, -0.2) is 8.42 Å². The first-order valence-electron chi connectivity index (χ1n) is 8.61. The first-order chi connectivity index (χ1) is 13.1. The molecule has 28 heavy (non-hydrogen) atoms. The highest BCUT2D eigenvalue weighted by Gasteiger charge is 2.21. The van der Waals surface area contributed by atoms with Crippen molar-refractivity contribution in [1.29, 1.82) is 0 Å². The Morgan fingerprint density at radius 2 is 1.93 bits per heavy atom. The molecule has 2 aromatic rings. The minimum atomic E-state index is -3.34. The Kier molecular flexibility index (Phi) is 7.67. The summed E-state index contributed by atoms with van der Waals surface area (Å²) in [4.78, 5) is 12.5. The van der Waals surface area contributed by atoms with Crippen molar-refractivity contribution in [1.82, 2.24) is 10.2 Å². The van der Waals surface area contributed by atoms with Crippen molar-refractivity contribution in [2.45, 2.75) is 42.9 Å². The summed E-state index contributed by atoms with van der Waals surface area (Å²) in [5.74, 6) is 0.165. The lowest BCUT2D eigenvalue weighted by Gasteiger charge is -2.19. The van der Waals surface area contributed by atoms with E-state index >= 15 is 0 Å². The van der Waals surface area contributed by atoms with Crippen LogP contribution in [0.5, 0.6) is 5.75 Å². The number of sulfonamides is 1. The number of ether oxygens (including phenoxy) is 1. The number of nitrogens with zero attached hydrogens (tertiary/aromatic N) is 3. The quantitative estimate of drug-likeness (QED) is 0.468. The molecule has 0 saturated carbocycles. The molecular formula is C17H24N4O4S3. The zero-order chi connectivity index (χ0) is 20.9. The highest BCUT2D eigenvalue weighted by Crippen LogP contribution is 2.29. The molecule has 0 spiro atoms. The van der Waals surface area contributed by atoms with Crippen molar-refractivity contribution in [3.05, 3.63) is 24.3 Å². The Balaban J connectivity index is 2.01. The van der Waals surface area contributed by atoms with Crippen LogP contribution < -0.4 is 14.4 Å². The van der Waals surface area contributed by atoms with Crippen molar-refractivity contribution in [3.63, 3.8) is 0 Å². The number of hydrogen-bond acceptors (Lipinski definition) is 8. The third-order valence-electron chi connectivity index (χ3n) is 3.61. The summed E-state index contributed by atoms with van der Waals surface area (Å²) < 4.78 is 30.9. The summed E-state index contributed by atoms with van der Waals surface area (Å²) in [5, 5.41) is 11.6. The Hall–Kier alpha value is -1.85. The van der Waals surface area contributed by atoms with E-state index in [0.717, 1.165) is 10.6 Å².